The van der Waals surface area contributed by atoms with Gasteiger partial charge in [0.2, 0.25) is 0 Å². The van der Waals surface area contributed by atoms with E-state index in [1.54, 1.807) is 12.1 Å². The Morgan fingerprint density at radius 3 is 2.68 bits per heavy atom. The molecule has 1 aromatic heterocycles. The van der Waals surface area contributed by atoms with E-state index in [4.69, 9.17) is 5.11 Å². The van der Waals surface area contributed by atoms with Gasteiger partial charge in [-0.2, -0.15) is 0 Å². The van der Waals surface area contributed by atoms with Crippen LogP contribution < -0.4 is 4.90 Å². The molecule has 1 unspecified atom stereocenters. The van der Waals surface area contributed by atoms with E-state index in [2.05, 4.69) is 9.88 Å². The van der Waals surface area contributed by atoms with Crippen LogP contribution in [0.1, 0.15) is 22.3 Å². The highest BCUT2D eigenvalue weighted by Gasteiger charge is 2.23. The van der Waals surface area contributed by atoms with Crippen molar-refractivity contribution in [2.45, 2.75) is 12.8 Å². The fourth-order valence-corrected chi connectivity index (χ4v) is 2.86. The number of anilines is 1. The average Bonchev–Trinajstić information content (AvgIpc) is 2.98. The maximum atomic E-state index is 12.9. The van der Waals surface area contributed by atoms with E-state index >= 15 is 0 Å². The summed E-state index contributed by atoms with van der Waals surface area (Å²) in [6.45, 7) is 1.79. The molecule has 4 nitrogen and oxygen atoms in total. The van der Waals surface area contributed by atoms with Gasteiger partial charge in [-0.05, 0) is 48.6 Å². The van der Waals surface area contributed by atoms with Gasteiger partial charge < -0.3 is 10.0 Å². The highest BCUT2D eigenvalue weighted by Crippen LogP contribution is 2.25. The van der Waals surface area contributed by atoms with Gasteiger partial charge in [0.25, 0.3) is 0 Å². The summed E-state index contributed by atoms with van der Waals surface area (Å²) in [6, 6.07) is 9.99. The van der Waals surface area contributed by atoms with Crippen molar-refractivity contribution in [1.29, 1.82) is 0 Å². The van der Waals surface area contributed by atoms with Crippen molar-refractivity contribution in [1.82, 2.24) is 4.98 Å². The number of aromatic nitrogens is 1. The Labute approximate surface area is 128 Å². The van der Waals surface area contributed by atoms with E-state index in [1.165, 1.54) is 18.3 Å². The van der Waals surface area contributed by atoms with Crippen molar-refractivity contribution >= 4 is 11.8 Å². The van der Waals surface area contributed by atoms with Gasteiger partial charge >= 0.3 is 5.97 Å². The summed E-state index contributed by atoms with van der Waals surface area (Å²) in [5.74, 6) is 0.146. The van der Waals surface area contributed by atoms with Gasteiger partial charge in [0.1, 0.15) is 11.6 Å². The molecule has 1 atom stereocenters. The van der Waals surface area contributed by atoms with Crippen LogP contribution in [0.4, 0.5) is 10.2 Å². The number of pyridine rings is 1. The molecule has 1 aliphatic rings. The van der Waals surface area contributed by atoms with Crippen molar-refractivity contribution in [3.63, 3.8) is 0 Å². The number of rotatable bonds is 4. The number of hydrogen-bond donors (Lipinski definition) is 1. The molecule has 114 valence electrons. The van der Waals surface area contributed by atoms with Gasteiger partial charge in [-0.15, -0.1) is 0 Å². The maximum absolute atomic E-state index is 12.9. The van der Waals surface area contributed by atoms with Gasteiger partial charge in [0.05, 0.1) is 5.56 Å². The van der Waals surface area contributed by atoms with E-state index in [-0.39, 0.29) is 11.4 Å². The number of aromatic carboxylic acids is 1. The lowest BCUT2D eigenvalue weighted by Crippen LogP contribution is -2.21. The lowest BCUT2D eigenvalue weighted by Gasteiger charge is -2.17. The van der Waals surface area contributed by atoms with Crippen LogP contribution in [0.5, 0.6) is 0 Å². The summed E-state index contributed by atoms with van der Waals surface area (Å²) in [6.07, 6.45) is 3.37. The fourth-order valence-electron chi connectivity index (χ4n) is 2.86. The Kier molecular flexibility index (Phi) is 4.04. The van der Waals surface area contributed by atoms with Crippen LogP contribution in [0.3, 0.4) is 0 Å². The minimum absolute atomic E-state index is 0.200. The second-order valence-corrected chi connectivity index (χ2v) is 5.64. The molecule has 1 N–H and O–H groups in total. The van der Waals surface area contributed by atoms with Crippen molar-refractivity contribution in [3.8, 4) is 0 Å². The predicted molar refractivity (Wildman–Crippen MR) is 81.6 cm³/mol. The topological polar surface area (TPSA) is 53.4 Å². The van der Waals surface area contributed by atoms with E-state index < -0.39 is 5.97 Å². The number of halogens is 1. The second kappa shape index (κ2) is 6.13. The Morgan fingerprint density at radius 2 is 2.05 bits per heavy atom. The maximum Gasteiger partial charge on any atom is 0.337 e. The quantitative estimate of drug-likeness (QED) is 0.943. The largest absolute Gasteiger partial charge is 0.478 e. The number of hydrogen-bond acceptors (Lipinski definition) is 3. The summed E-state index contributed by atoms with van der Waals surface area (Å²) in [5, 5.41) is 8.89. The van der Waals surface area contributed by atoms with Crippen LogP contribution >= 0.6 is 0 Å². The summed E-state index contributed by atoms with van der Waals surface area (Å²) < 4.78 is 12.9. The SMILES string of the molecule is O=C(O)c1ccc(N2CCC(Cc3ccc(F)cc3)C2)nc1. The van der Waals surface area contributed by atoms with Crippen molar-refractivity contribution < 1.29 is 14.3 Å². The first kappa shape index (κ1) is 14.5. The fraction of sp³-hybridized carbons (Fsp3) is 0.294. The van der Waals surface area contributed by atoms with Crippen LogP contribution in [0.2, 0.25) is 0 Å². The number of carbonyl (C=O) groups is 1. The third-order valence-corrected chi connectivity index (χ3v) is 4.04. The van der Waals surface area contributed by atoms with Gasteiger partial charge in [-0.3, -0.25) is 0 Å². The predicted octanol–water partition coefficient (Wildman–Crippen LogP) is 2.99. The van der Waals surface area contributed by atoms with Crippen LogP contribution in [-0.2, 0) is 6.42 Å². The molecule has 1 fully saturated rings. The van der Waals surface area contributed by atoms with E-state index in [9.17, 15) is 9.18 Å². The van der Waals surface area contributed by atoms with Gasteiger partial charge in [0.15, 0.2) is 0 Å². The number of carboxylic acid groups (broad SMARTS) is 1. The molecule has 0 spiro atoms. The van der Waals surface area contributed by atoms with Crippen LogP contribution in [0.25, 0.3) is 0 Å². The highest BCUT2D eigenvalue weighted by molar-refractivity contribution is 5.87. The molecule has 1 aliphatic heterocycles. The molecule has 2 heterocycles. The first-order valence-corrected chi connectivity index (χ1v) is 7.30. The molecule has 0 radical (unpaired) electrons. The molecular weight excluding hydrogens is 283 g/mol. The van der Waals surface area contributed by atoms with E-state index in [0.29, 0.717) is 5.92 Å². The zero-order chi connectivity index (χ0) is 15.5. The zero-order valence-corrected chi connectivity index (χ0v) is 12.1. The molecule has 0 bridgehead atoms. The monoisotopic (exact) mass is 300 g/mol. The Balaban J connectivity index is 1.62. The lowest BCUT2D eigenvalue weighted by atomic mass is 9.99. The van der Waals surface area contributed by atoms with E-state index in [0.717, 1.165) is 37.3 Å². The Morgan fingerprint density at radius 1 is 1.27 bits per heavy atom. The third kappa shape index (κ3) is 3.24. The third-order valence-electron chi connectivity index (χ3n) is 4.04. The van der Waals surface area contributed by atoms with Crippen molar-refractivity contribution in [3.05, 3.63) is 59.5 Å². The first-order valence-electron chi connectivity index (χ1n) is 7.30. The number of nitrogens with zero attached hydrogens (tertiary/aromatic N) is 2. The molecule has 0 amide bonds. The smallest absolute Gasteiger partial charge is 0.337 e. The lowest BCUT2D eigenvalue weighted by molar-refractivity contribution is 0.0696. The van der Waals surface area contributed by atoms with Gasteiger partial charge in [-0.1, -0.05) is 12.1 Å². The standard InChI is InChI=1S/C17H17FN2O2/c18-15-4-1-12(2-5-15)9-13-7-8-20(11-13)16-6-3-14(10-19-16)17(21)22/h1-6,10,13H,7-9,11H2,(H,21,22). The van der Waals surface area contributed by atoms with Crippen LogP contribution in [0, 0.1) is 11.7 Å². The number of benzene rings is 1. The summed E-state index contributed by atoms with van der Waals surface area (Å²) in [5.41, 5.74) is 1.34. The van der Waals surface area contributed by atoms with Gasteiger partial charge in [-0.25, -0.2) is 14.2 Å². The number of carboxylic acids is 1. The van der Waals surface area contributed by atoms with Crippen molar-refractivity contribution in [2.24, 2.45) is 5.92 Å². The van der Waals surface area contributed by atoms with E-state index in [1.807, 2.05) is 12.1 Å². The average molecular weight is 300 g/mol. The molecule has 5 heteroatoms. The normalized spacial score (nSPS) is 17.7. The minimum Gasteiger partial charge on any atom is -0.478 e. The van der Waals surface area contributed by atoms with Crippen LogP contribution in [0.15, 0.2) is 42.6 Å². The second-order valence-electron chi connectivity index (χ2n) is 5.64. The highest BCUT2D eigenvalue weighted by atomic mass is 19.1. The Hall–Kier alpha value is -2.43. The molecule has 3 rings (SSSR count). The van der Waals surface area contributed by atoms with Crippen molar-refractivity contribution in [2.75, 3.05) is 18.0 Å². The summed E-state index contributed by atoms with van der Waals surface area (Å²) >= 11 is 0. The van der Waals surface area contributed by atoms with Gasteiger partial charge in [0, 0.05) is 19.3 Å². The molecule has 0 saturated carbocycles. The minimum atomic E-state index is -0.963. The molecule has 1 saturated heterocycles. The molecule has 0 aliphatic carbocycles. The molecule has 1 aromatic carbocycles. The Bertz CT molecular complexity index is 655. The molecular formula is C17H17FN2O2. The molecule has 2 aromatic rings. The zero-order valence-electron chi connectivity index (χ0n) is 12.1. The summed E-state index contributed by atoms with van der Waals surface area (Å²) in [7, 11) is 0. The summed E-state index contributed by atoms with van der Waals surface area (Å²) in [4.78, 5) is 17.2. The first-order chi connectivity index (χ1) is 10.6. The molecule has 22 heavy (non-hydrogen) atoms. The van der Waals surface area contributed by atoms with Crippen LogP contribution in [-0.4, -0.2) is 29.1 Å².